The molecule has 0 spiro atoms. The molecule has 0 saturated heterocycles. The average Bonchev–Trinajstić information content (AvgIpc) is 2.28. The number of amides is 1. The summed E-state index contributed by atoms with van der Waals surface area (Å²) in [5.41, 5.74) is 0.486. The van der Waals surface area contributed by atoms with Crippen molar-refractivity contribution in [1.82, 2.24) is 10.2 Å². The highest BCUT2D eigenvalue weighted by molar-refractivity contribution is 6.06. The third-order valence-electron chi connectivity index (χ3n) is 1.66. The highest BCUT2D eigenvalue weighted by atomic mass is 16.2. The Hall–Kier alpha value is -1.58. The summed E-state index contributed by atoms with van der Waals surface area (Å²) in [6, 6.07) is 0. The first-order valence-corrected chi connectivity index (χ1v) is 3.97. The van der Waals surface area contributed by atoms with Crippen molar-refractivity contribution >= 4 is 11.7 Å². The largest absolute Gasteiger partial charge is 0.386 e. The zero-order valence-corrected chi connectivity index (χ0v) is 7.70. The lowest BCUT2D eigenvalue weighted by molar-refractivity contribution is -0.125. The van der Waals surface area contributed by atoms with Crippen LogP contribution in [0.2, 0.25) is 0 Å². The Balaban J connectivity index is 2.81. The van der Waals surface area contributed by atoms with Crippen LogP contribution >= 0.6 is 0 Å². The van der Waals surface area contributed by atoms with Gasteiger partial charge in [-0.15, -0.1) is 0 Å². The number of hydrogen-bond donors (Lipinski definition) is 1. The standard InChI is InChI=1S/C9H12N2O2/c1-11(2)9(13)7-5-8(12)3-4-10-6-7/h3-5,10H,6H2,1-2H3. The van der Waals surface area contributed by atoms with Gasteiger partial charge in [-0.25, -0.2) is 0 Å². The monoisotopic (exact) mass is 180 g/mol. The van der Waals surface area contributed by atoms with Crippen LogP contribution in [-0.4, -0.2) is 37.2 Å². The van der Waals surface area contributed by atoms with Crippen LogP contribution in [0.1, 0.15) is 0 Å². The number of rotatable bonds is 1. The minimum atomic E-state index is -0.157. The van der Waals surface area contributed by atoms with Gasteiger partial charge in [0.2, 0.25) is 0 Å². The van der Waals surface area contributed by atoms with E-state index in [1.807, 2.05) is 0 Å². The summed E-state index contributed by atoms with van der Waals surface area (Å²) in [5, 5.41) is 2.85. The van der Waals surface area contributed by atoms with Gasteiger partial charge in [0.25, 0.3) is 5.91 Å². The van der Waals surface area contributed by atoms with E-state index >= 15 is 0 Å². The molecule has 13 heavy (non-hydrogen) atoms. The second-order valence-electron chi connectivity index (χ2n) is 2.99. The van der Waals surface area contributed by atoms with Gasteiger partial charge in [0.1, 0.15) is 0 Å². The van der Waals surface area contributed by atoms with Crippen LogP contribution in [0.3, 0.4) is 0 Å². The topological polar surface area (TPSA) is 49.4 Å². The minimum Gasteiger partial charge on any atom is -0.386 e. The number of carbonyl (C=O) groups excluding carboxylic acids is 2. The molecule has 0 atom stereocenters. The maximum Gasteiger partial charge on any atom is 0.251 e. The van der Waals surface area contributed by atoms with Gasteiger partial charge < -0.3 is 10.2 Å². The molecule has 0 aliphatic carbocycles. The summed E-state index contributed by atoms with van der Waals surface area (Å²) >= 11 is 0. The maximum atomic E-state index is 11.4. The van der Waals surface area contributed by atoms with Crippen LogP contribution < -0.4 is 5.32 Å². The molecule has 1 rings (SSSR count). The van der Waals surface area contributed by atoms with Crippen molar-refractivity contribution in [3.8, 4) is 0 Å². The summed E-state index contributed by atoms with van der Waals surface area (Å²) in [5.74, 6) is -0.292. The zero-order chi connectivity index (χ0) is 9.84. The molecule has 0 aromatic rings. The Kier molecular flexibility index (Phi) is 2.84. The molecule has 70 valence electrons. The van der Waals surface area contributed by atoms with E-state index < -0.39 is 0 Å². The van der Waals surface area contributed by atoms with E-state index in [1.165, 1.54) is 17.1 Å². The molecule has 0 radical (unpaired) electrons. The Bertz CT molecular complexity index is 290. The van der Waals surface area contributed by atoms with Crippen molar-refractivity contribution in [2.24, 2.45) is 0 Å². The smallest absolute Gasteiger partial charge is 0.251 e. The number of nitrogens with zero attached hydrogens (tertiary/aromatic N) is 1. The number of allylic oxidation sites excluding steroid dienone is 2. The van der Waals surface area contributed by atoms with Gasteiger partial charge in [0, 0.05) is 38.5 Å². The molecule has 4 nitrogen and oxygen atoms in total. The normalized spacial score (nSPS) is 15.8. The van der Waals surface area contributed by atoms with Gasteiger partial charge in [-0.3, -0.25) is 9.59 Å². The lowest BCUT2D eigenvalue weighted by atomic mass is 10.2. The highest BCUT2D eigenvalue weighted by Crippen LogP contribution is 2.01. The molecule has 1 heterocycles. The predicted octanol–water partition coefficient (Wildman–Crippen LogP) is -0.313. The predicted molar refractivity (Wildman–Crippen MR) is 48.9 cm³/mol. The quantitative estimate of drug-likeness (QED) is 0.602. The molecule has 0 bridgehead atoms. The number of hydrogen-bond acceptors (Lipinski definition) is 3. The SMILES string of the molecule is CN(C)C(=O)C1=CC(=O)C=CNC1. The molecule has 0 saturated carbocycles. The molecule has 1 aliphatic rings. The van der Waals surface area contributed by atoms with Gasteiger partial charge in [-0.1, -0.05) is 0 Å². The van der Waals surface area contributed by atoms with E-state index in [2.05, 4.69) is 5.32 Å². The molecular weight excluding hydrogens is 168 g/mol. The van der Waals surface area contributed by atoms with Crippen molar-refractivity contribution in [3.05, 3.63) is 23.9 Å². The van der Waals surface area contributed by atoms with Gasteiger partial charge in [-0.2, -0.15) is 0 Å². The van der Waals surface area contributed by atoms with Crippen LogP contribution in [0.4, 0.5) is 0 Å². The summed E-state index contributed by atoms with van der Waals surface area (Å²) in [6.07, 6.45) is 4.31. The molecule has 0 aromatic carbocycles. The van der Waals surface area contributed by atoms with Crippen molar-refractivity contribution in [3.63, 3.8) is 0 Å². The van der Waals surface area contributed by atoms with Crippen LogP contribution in [0.15, 0.2) is 23.9 Å². The zero-order valence-electron chi connectivity index (χ0n) is 7.70. The summed E-state index contributed by atoms with van der Waals surface area (Å²) in [4.78, 5) is 23.9. The molecule has 0 unspecified atom stereocenters. The van der Waals surface area contributed by atoms with Crippen molar-refractivity contribution in [1.29, 1.82) is 0 Å². The Morgan fingerprint density at radius 3 is 2.85 bits per heavy atom. The first-order chi connectivity index (χ1) is 6.11. The lowest BCUT2D eigenvalue weighted by Gasteiger charge is -2.12. The maximum absolute atomic E-state index is 11.4. The van der Waals surface area contributed by atoms with Crippen LogP contribution in [-0.2, 0) is 9.59 Å². The summed E-state index contributed by atoms with van der Waals surface area (Å²) in [7, 11) is 3.32. The molecular formula is C9H12N2O2. The van der Waals surface area contributed by atoms with E-state index in [0.717, 1.165) is 0 Å². The van der Waals surface area contributed by atoms with Crippen molar-refractivity contribution < 1.29 is 9.59 Å². The molecule has 0 fully saturated rings. The fourth-order valence-electron chi connectivity index (χ4n) is 1.01. The molecule has 1 N–H and O–H groups in total. The lowest BCUT2D eigenvalue weighted by Crippen LogP contribution is -2.27. The number of ketones is 1. The van der Waals surface area contributed by atoms with Crippen molar-refractivity contribution in [2.45, 2.75) is 0 Å². The number of nitrogens with one attached hydrogen (secondary N) is 1. The Morgan fingerprint density at radius 1 is 1.54 bits per heavy atom. The van der Waals surface area contributed by atoms with Gasteiger partial charge in [0.15, 0.2) is 5.78 Å². The second-order valence-corrected chi connectivity index (χ2v) is 2.99. The van der Waals surface area contributed by atoms with Crippen molar-refractivity contribution in [2.75, 3.05) is 20.6 Å². The molecule has 1 amide bonds. The Morgan fingerprint density at radius 2 is 2.23 bits per heavy atom. The van der Waals surface area contributed by atoms with Crippen LogP contribution in [0.25, 0.3) is 0 Å². The number of carbonyl (C=O) groups is 2. The van der Waals surface area contributed by atoms with E-state index in [4.69, 9.17) is 0 Å². The second kappa shape index (κ2) is 3.89. The first kappa shape index (κ1) is 9.51. The Labute approximate surface area is 76.9 Å². The fraction of sp³-hybridized carbons (Fsp3) is 0.333. The third kappa shape index (κ3) is 2.43. The summed E-state index contributed by atoms with van der Waals surface area (Å²) < 4.78 is 0. The third-order valence-corrected chi connectivity index (χ3v) is 1.66. The average molecular weight is 180 g/mol. The van der Waals surface area contributed by atoms with E-state index in [-0.39, 0.29) is 11.7 Å². The molecule has 0 aromatic heterocycles. The van der Waals surface area contributed by atoms with E-state index in [0.29, 0.717) is 12.1 Å². The van der Waals surface area contributed by atoms with Gasteiger partial charge in [-0.05, 0) is 6.08 Å². The van der Waals surface area contributed by atoms with E-state index in [1.54, 1.807) is 20.3 Å². The van der Waals surface area contributed by atoms with E-state index in [9.17, 15) is 9.59 Å². The van der Waals surface area contributed by atoms with Gasteiger partial charge in [0.05, 0.1) is 0 Å². The first-order valence-electron chi connectivity index (χ1n) is 3.97. The fourth-order valence-corrected chi connectivity index (χ4v) is 1.01. The van der Waals surface area contributed by atoms with Crippen LogP contribution in [0, 0.1) is 0 Å². The molecule has 1 aliphatic heterocycles. The van der Waals surface area contributed by atoms with Crippen LogP contribution in [0.5, 0.6) is 0 Å². The summed E-state index contributed by atoms with van der Waals surface area (Å²) in [6.45, 7) is 0.402. The molecule has 4 heteroatoms. The van der Waals surface area contributed by atoms with Gasteiger partial charge >= 0.3 is 0 Å². The highest BCUT2D eigenvalue weighted by Gasteiger charge is 2.13. The minimum absolute atomic E-state index is 0.135. The number of likely N-dealkylation sites (N-methyl/N-ethyl adjacent to an activating group) is 1.